The number of nitrogens with one attached hydrogen (secondary N) is 2. The van der Waals surface area contributed by atoms with Gasteiger partial charge < -0.3 is 9.88 Å². The van der Waals surface area contributed by atoms with Gasteiger partial charge in [-0.1, -0.05) is 23.7 Å². The zero-order valence-electron chi connectivity index (χ0n) is 17.6. The first kappa shape index (κ1) is 22.0. The highest BCUT2D eigenvalue weighted by Gasteiger charge is 2.23. The van der Waals surface area contributed by atoms with Gasteiger partial charge in [-0.3, -0.25) is 19.5 Å². The lowest BCUT2D eigenvalue weighted by atomic mass is 10.1. The Bertz CT molecular complexity index is 1450. The molecule has 0 aliphatic carbocycles. The molecule has 5 rings (SSSR count). The van der Waals surface area contributed by atoms with E-state index in [2.05, 4.69) is 33.1 Å². The van der Waals surface area contributed by atoms with Crippen LogP contribution in [0.15, 0.2) is 59.4 Å². The predicted octanol–water partition coefficient (Wildman–Crippen LogP) is 4.93. The number of carbonyl (C=O) groups excluding carboxylic acids is 1. The number of nitrogens with zero attached hydrogens (tertiary/aromatic N) is 2. The second-order valence-electron chi connectivity index (χ2n) is 8.01. The molecule has 0 unspecified atom stereocenters. The number of H-pyrrole nitrogens is 2. The van der Waals surface area contributed by atoms with Gasteiger partial charge in [0, 0.05) is 53.1 Å². The fourth-order valence-corrected chi connectivity index (χ4v) is 5.51. The normalized spacial score (nSPS) is 14.6. The fourth-order valence-electron chi connectivity index (χ4n) is 4.07. The summed E-state index contributed by atoms with van der Waals surface area (Å²) in [6.45, 7) is 3.81. The zero-order valence-corrected chi connectivity index (χ0v) is 20.0. The summed E-state index contributed by atoms with van der Waals surface area (Å²) >= 11 is 12.9. The number of thiophene rings is 1. The molecule has 1 fully saturated rings. The standard InChI is InChI=1S/C24H21ClN4O2S2/c25-17-3-1-2-15(12-17)21-7-5-18(33-21)14-28-8-10-29(11-9-28)23(31)16-4-6-19-20(13-16)26-24(32)27-22(19)30/h1-7,12-13H,8-11,14H2,(H2,26,27,30,32). The number of rotatable bonds is 4. The van der Waals surface area contributed by atoms with Gasteiger partial charge in [0.1, 0.15) is 0 Å². The van der Waals surface area contributed by atoms with Gasteiger partial charge in [-0.05, 0) is 60.2 Å². The SMILES string of the molecule is O=C(c1ccc2c(=O)[nH]c(=S)[nH]c2c1)N1CCN(Cc2ccc(-c3cccc(Cl)c3)s2)CC1. The lowest BCUT2D eigenvalue weighted by Gasteiger charge is -2.34. The Labute approximate surface area is 204 Å². The molecule has 6 nitrogen and oxygen atoms in total. The minimum atomic E-state index is -0.256. The van der Waals surface area contributed by atoms with Crippen LogP contribution >= 0.6 is 35.2 Å². The highest BCUT2D eigenvalue weighted by Crippen LogP contribution is 2.30. The van der Waals surface area contributed by atoms with Gasteiger partial charge in [-0.15, -0.1) is 11.3 Å². The molecule has 2 N–H and O–H groups in total. The molecule has 168 valence electrons. The van der Waals surface area contributed by atoms with Crippen molar-refractivity contribution in [3.05, 3.63) is 85.2 Å². The lowest BCUT2D eigenvalue weighted by Crippen LogP contribution is -2.48. The summed E-state index contributed by atoms with van der Waals surface area (Å²) in [5.74, 6) is -0.0319. The van der Waals surface area contributed by atoms with E-state index in [9.17, 15) is 9.59 Å². The largest absolute Gasteiger partial charge is 0.336 e. The molecule has 4 aromatic rings. The van der Waals surface area contributed by atoms with Crippen LogP contribution in [0.4, 0.5) is 0 Å². The van der Waals surface area contributed by atoms with Gasteiger partial charge in [0.05, 0.1) is 10.9 Å². The molecule has 0 radical (unpaired) electrons. The fraction of sp³-hybridized carbons (Fsp3) is 0.208. The van der Waals surface area contributed by atoms with Crippen LogP contribution in [-0.2, 0) is 6.54 Å². The van der Waals surface area contributed by atoms with E-state index in [0.29, 0.717) is 29.6 Å². The zero-order chi connectivity index (χ0) is 22.9. The molecule has 0 bridgehead atoms. The van der Waals surface area contributed by atoms with Crippen molar-refractivity contribution in [1.29, 1.82) is 0 Å². The average molecular weight is 497 g/mol. The molecule has 0 atom stereocenters. The molecule has 33 heavy (non-hydrogen) atoms. The number of aromatic amines is 2. The molecule has 9 heteroatoms. The van der Waals surface area contributed by atoms with Crippen LogP contribution in [0.3, 0.4) is 0 Å². The summed E-state index contributed by atoms with van der Waals surface area (Å²) in [6.07, 6.45) is 0. The summed E-state index contributed by atoms with van der Waals surface area (Å²) in [5, 5.41) is 1.22. The summed E-state index contributed by atoms with van der Waals surface area (Å²) in [5.41, 5.74) is 2.00. The number of aromatic nitrogens is 2. The van der Waals surface area contributed by atoms with Crippen molar-refractivity contribution in [2.45, 2.75) is 6.54 Å². The summed E-state index contributed by atoms with van der Waals surface area (Å²) in [4.78, 5) is 37.3. The molecule has 0 spiro atoms. The molecular formula is C24H21ClN4O2S2. The van der Waals surface area contributed by atoms with E-state index in [0.717, 1.165) is 30.2 Å². The second-order valence-corrected chi connectivity index (χ2v) is 10.0. The molecule has 1 saturated heterocycles. The van der Waals surface area contributed by atoms with E-state index in [1.54, 1.807) is 29.5 Å². The van der Waals surface area contributed by atoms with Crippen LogP contribution in [0.2, 0.25) is 5.02 Å². The van der Waals surface area contributed by atoms with Crippen molar-refractivity contribution in [1.82, 2.24) is 19.8 Å². The maximum atomic E-state index is 13.0. The Hall–Kier alpha value is -2.78. The first-order chi connectivity index (χ1) is 16.0. The molecule has 0 saturated carbocycles. The van der Waals surface area contributed by atoms with Crippen molar-refractivity contribution in [3.63, 3.8) is 0 Å². The molecule has 2 aromatic heterocycles. The van der Waals surface area contributed by atoms with E-state index in [1.165, 1.54) is 9.75 Å². The summed E-state index contributed by atoms with van der Waals surface area (Å²) < 4.78 is 0.248. The van der Waals surface area contributed by atoms with Crippen molar-refractivity contribution in [2.75, 3.05) is 26.2 Å². The first-order valence-corrected chi connectivity index (χ1v) is 12.2. The van der Waals surface area contributed by atoms with Gasteiger partial charge >= 0.3 is 0 Å². The van der Waals surface area contributed by atoms with E-state index in [1.807, 2.05) is 23.1 Å². The highest BCUT2D eigenvalue weighted by atomic mass is 35.5. The van der Waals surface area contributed by atoms with Crippen molar-refractivity contribution in [2.24, 2.45) is 0 Å². The number of carbonyl (C=O) groups is 1. The molecule has 1 aliphatic rings. The van der Waals surface area contributed by atoms with Gasteiger partial charge in [0.25, 0.3) is 11.5 Å². The van der Waals surface area contributed by atoms with Crippen LogP contribution in [0.25, 0.3) is 21.3 Å². The Morgan fingerprint density at radius 2 is 1.85 bits per heavy atom. The third-order valence-electron chi connectivity index (χ3n) is 5.80. The van der Waals surface area contributed by atoms with Crippen LogP contribution < -0.4 is 5.56 Å². The minimum absolute atomic E-state index is 0.0319. The molecule has 2 aromatic carbocycles. The van der Waals surface area contributed by atoms with E-state index < -0.39 is 0 Å². The lowest BCUT2D eigenvalue weighted by molar-refractivity contribution is 0.0630. The molecule has 1 amide bonds. The topological polar surface area (TPSA) is 72.2 Å². The van der Waals surface area contributed by atoms with E-state index in [4.69, 9.17) is 23.8 Å². The minimum Gasteiger partial charge on any atom is -0.336 e. The van der Waals surface area contributed by atoms with Crippen molar-refractivity contribution in [3.8, 4) is 10.4 Å². The molecule has 3 heterocycles. The Morgan fingerprint density at radius 3 is 2.64 bits per heavy atom. The average Bonchev–Trinajstić information content (AvgIpc) is 3.27. The van der Waals surface area contributed by atoms with Crippen molar-refractivity contribution >= 4 is 52.0 Å². The van der Waals surface area contributed by atoms with Crippen LogP contribution in [0.1, 0.15) is 15.2 Å². The maximum absolute atomic E-state index is 13.0. The third-order valence-corrected chi connectivity index (χ3v) is 7.35. The van der Waals surface area contributed by atoms with Crippen LogP contribution in [0.5, 0.6) is 0 Å². The number of amides is 1. The summed E-state index contributed by atoms with van der Waals surface area (Å²) in [6, 6.07) is 17.3. The maximum Gasteiger partial charge on any atom is 0.259 e. The highest BCUT2D eigenvalue weighted by molar-refractivity contribution is 7.71. The number of piperazine rings is 1. The van der Waals surface area contributed by atoms with Crippen molar-refractivity contribution < 1.29 is 4.79 Å². The van der Waals surface area contributed by atoms with Crippen LogP contribution in [0, 0.1) is 4.77 Å². The van der Waals surface area contributed by atoms with E-state index in [-0.39, 0.29) is 16.2 Å². The van der Waals surface area contributed by atoms with Gasteiger partial charge in [0.2, 0.25) is 0 Å². The second kappa shape index (κ2) is 9.23. The summed E-state index contributed by atoms with van der Waals surface area (Å²) in [7, 11) is 0. The Balaban J connectivity index is 1.22. The van der Waals surface area contributed by atoms with Gasteiger partial charge in [-0.25, -0.2) is 0 Å². The number of fused-ring (bicyclic) bond motifs is 1. The molecule has 1 aliphatic heterocycles. The number of halogens is 1. The molecular weight excluding hydrogens is 476 g/mol. The van der Waals surface area contributed by atoms with E-state index >= 15 is 0 Å². The number of hydrogen-bond acceptors (Lipinski definition) is 5. The monoisotopic (exact) mass is 496 g/mol. The van der Waals surface area contributed by atoms with Gasteiger partial charge in [-0.2, -0.15) is 0 Å². The number of hydrogen-bond donors (Lipinski definition) is 2. The Morgan fingerprint density at radius 1 is 1.03 bits per heavy atom. The quantitative estimate of drug-likeness (QED) is 0.393. The first-order valence-electron chi connectivity index (χ1n) is 10.6. The number of benzene rings is 2. The predicted molar refractivity (Wildman–Crippen MR) is 136 cm³/mol. The van der Waals surface area contributed by atoms with Crippen LogP contribution in [-0.4, -0.2) is 51.9 Å². The van der Waals surface area contributed by atoms with Gasteiger partial charge in [0.15, 0.2) is 4.77 Å². The Kier molecular flexibility index (Phi) is 6.16. The smallest absolute Gasteiger partial charge is 0.259 e. The third kappa shape index (κ3) is 4.79.